The number of rotatable bonds is 5. The maximum Gasteiger partial charge on any atom is 0.141 e. The van der Waals surface area contributed by atoms with Gasteiger partial charge < -0.3 is 19.9 Å². The van der Waals surface area contributed by atoms with Gasteiger partial charge >= 0.3 is 0 Å². The molecule has 3 aromatic rings. The molecule has 1 atom stereocenters. The van der Waals surface area contributed by atoms with Gasteiger partial charge in [-0.15, -0.1) is 0 Å². The maximum absolute atomic E-state index is 9.16. The minimum Gasteiger partial charge on any atom is -0.383 e. The predicted molar refractivity (Wildman–Crippen MR) is 96.6 cm³/mol. The van der Waals surface area contributed by atoms with Crippen molar-refractivity contribution in [2.45, 2.75) is 12.5 Å². The van der Waals surface area contributed by atoms with Crippen molar-refractivity contribution in [2.75, 3.05) is 38.3 Å². The summed E-state index contributed by atoms with van der Waals surface area (Å²) < 4.78 is 5.11. The number of nitriles is 1. The Morgan fingerprint density at radius 1 is 1.48 bits per heavy atom. The van der Waals surface area contributed by atoms with Crippen LogP contribution in [0.5, 0.6) is 0 Å². The molecular formula is C18H20N6O. The second-order valence-electron chi connectivity index (χ2n) is 6.28. The van der Waals surface area contributed by atoms with Crippen molar-refractivity contribution in [1.29, 1.82) is 5.26 Å². The lowest BCUT2D eigenvalue weighted by Crippen LogP contribution is -2.34. The lowest BCUT2D eigenvalue weighted by Gasteiger charge is -2.20. The monoisotopic (exact) mass is 336 g/mol. The van der Waals surface area contributed by atoms with Crippen LogP contribution in [0.15, 0.2) is 24.5 Å². The summed E-state index contributed by atoms with van der Waals surface area (Å²) in [5, 5.41) is 14.8. The van der Waals surface area contributed by atoms with Crippen LogP contribution < -0.4 is 10.2 Å². The second kappa shape index (κ2) is 6.67. The topological polar surface area (TPSA) is 89.9 Å². The molecule has 4 heterocycles. The molecule has 0 aliphatic carbocycles. The van der Waals surface area contributed by atoms with Crippen LogP contribution in [0.3, 0.4) is 0 Å². The first-order valence-electron chi connectivity index (χ1n) is 8.44. The highest BCUT2D eigenvalue weighted by Crippen LogP contribution is 2.34. The van der Waals surface area contributed by atoms with E-state index in [2.05, 4.69) is 37.3 Å². The molecule has 128 valence electrons. The van der Waals surface area contributed by atoms with Gasteiger partial charge in [0, 0.05) is 50.1 Å². The number of methoxy groups -OCH3 is 1. The quantitative estimate of drug-likeness (QED) is 0.691. The van der Waals surface area contributed by atoms with Crippen molar-refractivity contribution in [2.24, 2.45) is 0 Å². The third kappa shape index (κ3) is 2.90. The Hall–Kier alpha value is -2.69. The largest absolute Gasteiger partial charge is 0.383 e. The number of fused-ring (bicyclic) bond motifs is 3. The number of aromatic nitrogens is 3. The molecule has 0 saturated carbocycles. The van der Waals surface area contributed by atoms with Gasteiger partial charge in [0.05, 0.1) is 23.7 Å². The molecule has 0 bridgehead atoms. The Morgan fingerprint density at radius 3 is 3.24 bits per heavy atom. The number of hydrogen-bond acceptors (Lipinski definition) is 6. The van der Waals surface area contributed by atoms with Gasteiger partial charge in [-0.05, 0) is 18.6 Å². The first-order chi connectivity index (χ1) is 12.3. The van der Waals surface area contributed by atoms with Crippen LogP contribution in [-0.2, 0) is 4.74 Å². The van der Waals surface area contributed by atoms with E-state index in [1.54, 1.807) is 13.3 Å². The van der Waals surface area contributed by atoms with E-state index in [9.17, 15) is 0 Å². The second-order valence-corrected chi connectivity index (χ2v) is 6.28. The summed E-state index contributed by atoms with van der Waals surface area (Å²) in [6.45, 7) is 3.53. The fourth-order valence-corrected chi connectivity index (χ4v) is 3.54. The van der Waals surface area contributed by atoms with E-state index in [0.717, 1.165) is 60.3 Å². The van der Waals surface area contributed by atoms with E-state index < -0.39 is 0 Å². The van der Waals surface area contributed by atoms with Gasteiger partial charge in [-0.25, -0.2) is 9.97 Å². The van der Waals surface area contributed by atoms with Crippen LogP contribution >= 0.6 is 0 Å². The minimum atomic E-state index is 0.420. The van der Waals surface area contributed by atoms with Crippen molar-refractivity contribution in [1.82, 2.24) is 20.3 Å². The van der Waals surface area contributed by atoms with Gasteiger partial charge in [-0.3, -0.25) is 0 Å². The van der Waals surface area contributed by atoms with Crippen LogP contribution in [0, 0.1) is 11.3 Å². The van der Waals surface area contributed by atoms with Gasteiger partial charge in [0.1, 0.15) is 17.4 Å². The summed E-state index contributed by atoms with van der Waals surface area (Å²) >= 11 is 0. The molecule has 0 amide bonds. The lowest BCUT2D eigenvalue weighted by molar-refractivity contribution is 0.196. The standard InChI is InChI=1S/C18H20N6O/c1-25-7-5-20-12-3-6-24(11-12)16-2-4-21-18-17(16)14-8-13(9-19)22-10-15(14)23-18/h2,4,8,10,12,20H,3,5-7,11H2,1H3,(H,21,23)/t12-/m0/s1. The summed E-state index contributed by atoms with van der Waals surface area (Å²) in [4.78, 5) is 14.3. The normalized spacial score (nSPS) is 17.4. The number of aromatic amines is 1. The molecule has 1 saturated heterocycles. The van der Waals surface area contributed by atoms with Crippen molar-refractivity contribution in [3.8, 4) is 6.07 Å². The highest BCUT2D eigenvalue weighted by Gasteiger charge is 2.24. The Morgan fingerprint density at radius 2 is 2.40 bits per heavy atom. The van der Waals surface area contributed by atoms with Gasteiger partial charge in [0.15, 0.2) is 0 Å². The predicted octanol–water partition coefficient (Wildman–Crippen LogP) is 1.80. The molecule has 0 unspecified atom stereocenters. The zero-order valence-electron chi connectivity index (χ0n) is 14.1. The molecule has 7 heteroatoms. The SMILES string of the molecule is COCCN[C@H]1CCN(c2ccnc3[nH]c4cnc(C#N)cc4c23)C1. The molecule has 0 radical (unpaired) electrons. The number of anilines is 1. The number of nitrogens with zero attached hydrogens (tertiary/aromatic N) is 4. The van der Waals surface area contributed by atoms with E-state index in [-0.39, 0.29) is 0 Å². The fraction of sp³-hybridized carbons (Fsp3) is 0.389. The van der Waals surface area contributed by atoms with Gasteiger partial charge in [0.2, 0.25) is 0 Å². The number of nitrogens with one attached hydrogen (secondary N) is 2. The molecule has 1 aliphatic heterocycles. The Balaban J connectivity index is 1.69. The van der Waals surface area contributed by atoms with E-state index >= 15 is 0 Å². The average Bonchev–Trinajstić information content (AvgIpc) is 3.25. The number of ether oxygens (including phenoxy) is 1. The summed E-state index contributed by atoms with van der Waals surface area (Å²) in [5.41, 5.74) is 3.31. The molecule has 3 aromatic heterocycles. The highest BCUT2D eigenvalue weighted by atomic mass is 16.5. The summed E-state index contributed by atoms with van der Waals surface area (Å²) in [6.07, 6.45) is 4.64. The van der Waals surface area contributed by atoms with Crippen LogP contribution in [0.25, 0.3) is 21.9 Å². The summed E-state index contributed by atoms with van der Waals surface area (Å²) in [5.74, 6) is 0. The summed E-state index contributed by atoms with van der Waals surface area (Å²) in [6, 6.07) is 6.47. The zero-order valence-corrected chi connectivity index (χ0v) is 14.1. The molecule has 7 nitrogen and oxygen atoms in total. The van der Waals surface area contributed by atoms with Crippen molar-refractivity contribution in [3.05, 3.63) is 30.2 Å². The molecule has 0 spiro atoms. The van der Waals surface area contributed by atoms with Crippen LogP contribution in [0.2, 0.25) is 0 Å². The minimum absolute atomic E-state index is 0.420. The maximum atomic E-state index is 9.16. The molecule has 1 aliphatic rings. The van der Waals surface area contributed by atoms with Crippen molar-refractivity contribution < 1.29 is 4.74 Å². The smallest absolute Gasteiger partial charge is 0.141 e. The Kier molecular flexibility index (Phi) is 4.22. The lowest BCUT2D eigenvalue weighted by atomic mass is 10.1. The van der Waals surface area contributed by atoms with E-state index in [1.165, 1.54) is 0 Å². The third-order valence-corrected chi connectivity index (χ3v) is 4.74. The van der Waals surface area contributed by atoms with Crippen LogP contribution in [0.1, 0.15) is 12.1 Å². The molecule has 25 heavy (non-hydrogen) atoms. The fourth-order valence-electron chi connectivity index (χ4n) is 3.54. The van der Waals surface area contributed by atoms with Crippen molar-refractivity contribution in [3.63, 3.8) is 0 Å². The third-order valence-electron chi connectivity index (χ3n) is 4.74. The van der Waals surface area contributed by atoms with Gasteiger partial charge in [-0.1, -0.05) is 0 Å². The zero-order chi connectivity index (χ0) is 17.2. The Bertz CT molecular complexity index is 944. The number of hydrogen-bond donors (Lipinski definition) is 2. The first-order valence-corrected chi connectivity index (χ1v) is 8.44. The van der Waals surface area contributed by atoms with E-state index in [1.807, 2.05) is 12.3 Å². The summed E-state index contributed by atoms with van der Waals surface area (Å²) in [7, 11) is 1.72. The van der Waals surface area contributed by atoms with Crippen molar-refractivity contribution >= 4 is 27.6 Å². The molecular weight excluding hydrogens is 316 g/mol. The van der Waals surface area contributed by atoms with Crippen LogP contribution in [-0.4, -0.2) is 54.3 Å². The number of pyridine rings is 2. The van der Waals surface area contributed by atoms with E-state index in [4.69, 9.17) is 10.00 Å². The highest BCUT2D eigenvalue weighted by molar-refractivity contribution is 6.12. The van der Waals surface area contributed by atoms with Gasteiger partial charge in [0.25, 0.3) is 0 Å². The van der Waals surface area contributed by atoms with E-state index in [0.29, 0.717) is 11.7 Å². The average molecular weight is 336 g/mol. The first kappa shape index (κ1) is 15.8. The molecule has 4 rings (SSSR count). The molecule has 1 fully saturated rings. The molecule has 2 N–H and O–H groups in total. The van der Waals surface area contributed by atoms with Gasteiger partial charge in [-0.2, -0.15) is 5.26 Å². The molecule has 0 aromatic carbocycles. The Labute approximate surface area is 145 Å². The van der Waals surface area contributed by atoms with Crippen LogP contribution in [0.4, 0.5) is 5.69 Å². The number of H-pyrrole nitrogens is 1.